The average molecular weight is 218 g/mol. The zero-order valence-electron chi connectivity index (χ0n) is 9.19. The van der Waals surface area contributed by atoms with Gasteiger partial charge in [-0.05, 0) is 43.4 Å². The molecule has 0 spiro atoms. The quantitative estimate of drug-likeness (QED) is 0.720. The third kappa shape index (κ3) is 2.07. The largest absolute Gasteiger partial charge is 0.295 e. The topological polar surface area (TPSA) is 17.8 Å². The highest BCUT2D eigenvalue weighted by atomic mass is 32.2. The number of imidazole rings is 1. The molecule has 0 atom stereocenters. The van der Waals surface area contributed by atoms with E-state index in [9.17, 15) is 0 Å². The van der Waals surface area contributed by atoms with Gasteiger partial charge in [-0.1, -0.05) is 17.8 Å². The Kier molecular flexibility index (Phi) is 2.82. The Morgan fingerprint density at radius 2 is 1.80 bits per heavy atom. The summed E-state index contributed by atoms with van der Waals surface area (Å²) >= 11 is 1.66. The number of thioether (sulfide) groups is 1. The van der Waals surface area contributed by atoms with E-state index in [1.54, 1.807) is 11.8 Å². The van der Waals surface area contributed by atoms with Gasteiger partial charge in [-0.15, -0.1) is 0 Å². The lowest BCUT2D eigenvalue weighted by molar-refractivity contribution is 0.895. The van der Waals surface area contributed by atoms with Crippen LogP contribution < -0.4 is 0 Å². The third-order valence-corrected chi connectivity index (χ3v) is 2.94. The zero-order chi connectivity index (χ0) is 10.8. The number of nitrogens with zero attached hydrogens (tertiary/aromatic N) is 2. The molecule has 2 aromatic rings. The highest BCUT2D eigenvalue weighted by Gasteiger charge is 2.04. The molecule has 0 N–H and O–H groups in total. The van der Waals surface area contributed by atoms with Gasteiger partial charge >= 0.3 is 0 Å². The van der Waals surface area contributed by atoms with E-state index in [0.29, 0.717) is 0 Å². The number of aryl methyl sites for hydroxylation is 2. The van der Waals surface area contributed by atoms with E-state index in [-0.39, 0.29) is 0 Å². The molecule has 0 saturated heterocycles. The van der Waals surface area contributed by atoms with Crippen LogP contribution >= 0.6 is 11.8 Å². The second kappa shape index (κ2) is 4.11. The minimum atomic E-state index is 1.03. The van der Waals surface area contributed by atoms with Gasteiger partial charge in [0.15, 0.2) is 5.16 Å². The third-order valence-electron chi connectivity index (χ3n) is 2.27. The van der Waals surface area contributed by atoms with Crippen LogP contribution in [0.4, 0.5) is 0 Å². The maximum atomic E-state index is 4.30. The molecule has 1 aromatic heterocycles. The summed E-state index contributed by atoms with van der Waals surface area (Å²) in [5.41, 5.74) is 3.76. The standard InChI is InChI=1S/C12H14N2S/c1-9-6-10(2)8-11(7-9)14-5-4-13-12(14)15-3/h4-8H,1-3H3. The molecule has 1 heterocycles. The van der Waals surface area contributed by atoms with Crippen LogP contribution in [0.15, 0.2) is 35.7 Å². The van der Waals surface area contributed by atoms with Gasteiger partial charge in [-0.2, -0.15) is 0 Å². The van der Waals surface area contributed by atoms with Crippen LogP contribution in [-0.2, 0) is 0 Å². The molecule has 0 bridgehead atoms. The van der Waals surface area contributed by atoms with Crippen LogP contribution in [0.5, 0.6) is 0 Å². The van der Waals surface area contributed by atoms with Crippen molar-refractivity contribution in [1.29, 1.82) is 0 Å². The van der Waals surface area contributed by atoms with E-state index in [2.05, 4.69) is 41.6 Å². The molecule has 0 amide bonds. The molecule has 3 heteroatoms. The number of rotatable bonds is 2. The Hall–Kier alpha value is -1.22. The Bertz CT molecular complexity index is 454. The maximum absolute atomic E-state index is 4.30. The summed E-state index contributed by atoms with van der Waals surface area (Å²) in [7, 11) is 0. The first-order valence-corrected chi connectivity index (χ1v) is 6.09. The van der Waals surface area contributed by atoms with Crippen molar-refractivity contribution in [3.63, 3.8) is 0 Å². The average Bonchev–Trinajstić information content (AvgIpc) is 2.63. The molecule has 0 unspecified atom stereocenters. The number of aromatic nitrogens is 2. The second-order valence-corrected chi connectivity index (χ2v) is 4.40. The van der Waals surface area contributed by atoms with Gasteiger partial charge in [0.1, 0.15) is 0 Å². The van der Waals surface area contributed by atoms with Gasteiger partial charge in [-0.3, -0.25) is 4.57 Å². The number of hydrogen-bond acceptors (Lipinski definition) is 2. The highest BCUT2D eigenvalue weighted by molar-refractivity contribution is 7.98. The SMILES string of the molecule is CSc1nccn1-c1cc(C)cc(C)c1. The van der Waals surface area contributed by atoms with E-state index in [1.807, 2.05) is 18.6 Å². The second-order valence-electron chi connectivity index (χ2n) is 3.63. The van der Waals surface area contributed by atoms with Crippen molar-refractivity contribution < 1.29 is 0 Å². The van der Waals surface area contributed by atoms with E-state index in [0.717, 1.165) is 5.16 Å². The molecule has 15 heavy (non-hydrogen) atoms. The molecule has 2 nitrogen and oxygen atoms in total. The van der Waals surface area contributed by atoms with E-state index < -0.39 is 0 Å². The molecule has 0 aliphatic rings. The molecular weight excluding hydrogens is 204 g/mol. The van der Waals surface area contributed by atoms with Gasteiger partial charge in [0, 0.05) is 18.1 Å². The smallest absolute Gasteiger partial charge is 0.172 e. The molecule has 0 aliphatic heterocycles. The van der Waals surface area contributed by atoms with Crippen LogP contribution in [-0.4, -0.2) is 15.8 Å². The van der Waals surface area contributed by atoms with Crippen LogP contribution in [0.25, 0.3) is 5.69 Å². The summed E-state index contributed by atoms with van der Waals surface area (Å²) in [6.45, 7) is 4.23. The minimum absolute atomic E-state index is 1.03. The number of benzene rings is 1. The Balaban J connectivity index is 2.53. The lowest BCUT2D eigenvalue weighted by atomic mass is 10.1. The van der Waals surface area contributed by atoms with Gasteiger partial charge in [0.05, 0.1) is 0 Å². The summed E-state index contributed by atoms with van der Waals surface area (Å²) in [5, 5.41) is 1.03. The van der Waals surface area contributed by atoms with Crippen molar-refractivity contribution in [2.45, 2.75) is 19.0 Å². The van der Waals surface area contributed by atoms with Gasteiger partial charge in [0.25, 0.3) is 0 Å². The Morgan fingerprint density at radius 3 is 2.40 bits per heavy atom. The molecule has 0 aliphatic carbocycles. The van der Waals surface area contributed by atoms with Crippen LogP contribution in [0, 0.1) is 13.8 Å². The van der Waals surface area contributed by atoms with Gasteiger partial charge < -0.3 is 0 Å². The maximum Gasteiger partial charge on any atom is 0.172 e. The normalized spacial score (nSPS) is 10.6. The Labute approximate surface area is 94.3 Å². The van der Waals surface area contributed by atoms with Gasteiger partial charge in [-0.25, -0.2) is 4.98 Å². The fourth-order valence-electron chi connectivity index (χ4n) is 1.73. The van der Waals surface area contributed by atoms with Crippen molar-refractivity contribution in [2.24, 2.45) is 0 Å². The predicted molar refractivity (Wildman–Crippen MR) is 64.8 cm³/mol. The molecule has 0 saturated carbocycles. The summed E-state index contributed by atoms with van der Waals surface area (Å²) in [6.07, 6.45) is 5.88. The van der Waals surface area contributed by atoms with Crippen molar-refractivity contribution in [1.82, 2.24) is 9.55 Å². The summed E-state index contributed by atoms with van der Waals surface area (Å²) in [4.78, 5) is 4.30. The molecule has 1 aromatic carbocycles. The van der Waals surface area contributed by atoms with E-state index in [1.165, 1.54) is 16.8 Å². The first-order chi connectivity index (χ1) is 7.20. The Morgan fingerprint density at radius 1 is 1.13 bits per heavy atom. The van der Waals surface area contributed by atoms with Crippen LogP contribution in [0.1, 0.15) is 11.1 Å². The van der Waals surface area contributed by atoms with Crippen molar-refractivity contribution in [3.05, 3.63) is 41.7 Å². The molecule has 0 radical (unpaired) electrons. The van der Waals surface area contributed by atoms with Crippen molar-refractivity contribution in [3.8, 4) is 5.69 Å². The first kappa shape index (κ1) is 10.3. The molecule has 0 fully saturated rings. The van der Waals surface area contributed by atoms with Crippen LogP contribution in [0.3, 0.4) is 0 Å². The fourth-order valence-corrected chi connectivity index (χ4v) is 2.26. The van der Waals surface area contributed by atoms with E-state index >= 15 is 0 Å². The van der Waals surface area contributed by atoms with Gasteiger partial charge in [0.2, 0.25) is 0 Å². The van der Waals surface area contributed by atoms with Crippen LogP contribution in [0.2, 0.25) is 0 Å². The summed E-state index contributed by atoms with van der Waals surface area (Å²) in [6, 6.07) is 6.53. The van der Waals surface area contributed by atoms with Crippen molar-refractivity contribution >= 4 is 11.8 Å². The fraction of sp³-hybridized carbons (Fsp3) is 0.250. The molecule has 78 valence electrons. The number of hydrogen-bond donors (Lipinski definition) is 0. The summed E-state index contributed by atoms with van der Waals surface area (Å²) < 4.78 is 2.12. The lowest BCUT2D eigenvalue weighted by Crippen LogP contribution is -1.95. The van der Waals surface area contributed by atoms with Crippen molar-refractivity contribution in [2.75, 3.05) is 6.26 Å². The highest BCUT2D eigenvalue weighted by Crippen LogP contribution is 2.19. The molecule has 2 rings (SSSR count). The zero-order valence-corrected chi connectivity index (χ0v) is 10.0. The molecular formula is C12H14N2S. The minimum Gasteiger partial charge on any atom is -0.295 e. The predicted octanol–water partition coefficient (Wildman–Crippen LogP) is 3.21. The lowest BCUT2D eigenvalue weighted by Gasteiger charge is -2.08. The summed E-state index contributed by atoms with van der Waals surface area (Å²) in [5.74, 6) is 0. The first-order valence-electron chi connectivity index (χ1n) is 4.86. The monoisotopic (exact) mass is 218 g/mol. The van der Waals surface area contributed by atoms with E-state index in [4.69, 9.17) is 0 Å².